The van der Waals surface area contributed by atoms with E-state index in [1.807, 2.05) is 13.8 Å². The van der Waals surface area contributed by atoms with E-state index in [1.54, 1.807) is 13.8 Å². The van der Waals surface area contributed by atoms with Gasteiger partial charge in [-0.2, -0.15) is 0 Å². The molecular formula is C14H30N2O2. The van der Waals surface area contributed by atoms with Crippen LogP contribution in [0.4, 0.5) is 0 Å². The standard InChI is InChI=1S/C6H14N2.2C4H8O/c1-7-3-5-8(2)6-4-7;2*1-3-4(2)5/h3-6H2,1-2H3;2*3H2,1-2H3. The van der Waals surface area contributed by atoms with Crippen molar-refractivity contribution in [3.8, 4) is 0 Å². The maximum atomic E-state index is 9.81. The number of rotatable bonds is 2. The van der Waals surface area contributed by atoms with Gasteiger partial charge in [-0.15, -0.1) is 0 Å². The lowest BCUT2D eigenvalue weighted by Crippen LogP contribution is -2.42. The summed E-state index contributed by atoms with van der Waals surface area (Å²) in [5.41, 5.74) is 0. The molecule has 0 atom stereocenters. The third-order valence-corrected chi connectivity index (χ3v) is 2.72. The van der Waals surface area contributed by atoms with Crippen LogP contribution >= 0.6 is 0 Å². The normalized spacial score (nSPS) is 15.9. The molecule has 1 aliphatic heterocycles. The summed E-state index contributed by atoms with van der Waals surface area (Å²) in [5.74, 6) is 0.509. The van der Waals surface area contributed by atoms with Crippen molar-refractivity contribution >= 4 is 11.6 Å². The Hall–Kier alpha value is -0.740. The van der Waals surface area contributed by atoms with Crippen molar-refractivity contribution in [2.24, 2.45) is 0 Å². The van der Waals surface area contributed by atoms with E-state index in [0.717, 1.165) is 0 Å². The molecule has 1 rings (SSSR count). The first kappa shape index (κ1) is 19.6. The lowest BCUT2D eigenvalue weighted by atomic mass is 10.4. The van der Waals surface area contributed by atoms with Gasteiger partial charge in [0.2, 0.25) is 0 Å². The molecule has 0 unspecified atom stereocenters. The van der Waals surface area contributed by atoms with Crippen LogP contribution in [-0.4, -0.2) is 61.6 Å². The van der Waals surface area contributed by atoms with E-state index >= 15 is 0 Å². The first-order valence-electron chi connectivity index (χ1n) is 6.69. The van der Waals surface area contributed by atoms with Gasteiger partial charge in [0.25, 0.3) is 0 Å². The molecule has 108 valence electrons. The zero-order chi connectivity index (χ0) is 14.6. The average Bonchev–Trinajstić information content (AvgIpc) is 2.34. The minimum atomic E-state index is 0.255. The Balaban J connectivity index is 0. The number of piperazine rings is 1. The summed E-state index contributed by atoms with van der Waals surface area (Å²) in [6.07, 6.45) is 1.33. The molecule has 0 spiro atoms. The summed E-state index contributed by atoms with van der Waals surface area (Å²) in [6, 6.07) is 0. The second kappa shape index (κ2) is 12.7. The van der Waals surface area contributed by atoms with E-state index in [1.165, 1.54) is 26.2 Å². The largest absolute Gasteiger partial charge is 0.304 e. The molecule has 4 nitrogen and oxygen atoms in total. The second-order valence-electron chi connectivity index (χ2n) is 4.72. The molecule has 0 amide bonds. The molecule has 1 fully saturated rings. The van der Waals surface area contributed by atoms with Gasteiger partial charge < -0.3 is 19.4 Å². The van der Waals surface area contributed by atoms with Crippen LogP contribution in [0.5, 0.6) is 0 Å². The first-order valence-corrected chi connectivity index (χ1v) is 6.69. The second-order valence-corrected chi connectivity index (χ2v) is 4.72. The Morgan fingerprint density at radius 3 is 1.06 bits per heavy atom. The van der Waals surface area contributed by atoms with Gasteiger partial charge in [0, 0.05) is 39.0 Å². The van der Waals surface area contributed by atoms with Crippen LogP contribution in [-0.2, 0) is 9.59 Å². The monoisotopic (exact) mass is 258 g/mol. The topological polar surface area (TPSA) is 40.6 Å². The molecule has 0 aromatic carbocycles. The fourth-order valence-corrected chi connectivity index (χ4v) is 0.906. The summed E-state index contributed by atoms with van der Waals surface area (Å²) in [4.78, 5) is 24.3. The number of likely N-dealkylation sites (N-methyl/N-ethyl adjacent to an activating group) is 2. The highest BCUT2D eigenvalue weighted by Crippen LogP contribution is 1.93. The van der Waals surface area contributed by atoms with Gasteiger partial charge in [0.1, 0.15) is 11.6 Å². The van der Waals surface area contributed by atoms with Crippen LogP contribution in [0.25, 0.3) is 0 Å². The summed E-state index contributed by atoms with van der Waals surface area (Å²) in [6.45, 7) is 11.8. The summed E-state index contributed by atoms with van der Waals surface area (Å²) in [7, 11) is 4.35. The summed E-state index contributed by atoms with van der Waals surface area (Å²) >= 11 is 0. The molecule has 1 saturated heterocycles. The number of carbonyl (C=O) groups is 2. The van der Waals surface area contributed by atoms with Crippen LogP contribution in [0.2, 0.25) is 0 Å². The maximum absolute atomic E-state index is 9.81. The van der Waals surface area contributed by atoms with Crippen LogP contribution in [0.1, 0.15) is 40.5 Å². The number of hydrogen-bond donors (Lipinski definition) is 0. The fourth-order valence-electron chi connectivity index (χ4n) is 0.906. The SMILES string of the molecule is CCC(C)=O.CCC(C)=O.CN1CCN(C)CC1. The highest BCUT2D eigenvalue weighted by atomic mass is 16.1. The Labute approximate surface area is 112 Å². The van der Waals surface area contributed by atoms with Crippen molar-refractivity contribution in [1.82, 2.24) is 9.80 Å². The molecule has 0 bridgehead atoms. The zero-order valence-electron chi connectivity index (χ0n) is 13.0. The molecule has 1 aliphatic rings. The molecule has 0 radical (unpaired) electrons. The van der Waals surface area contributed by atoms with Crippen molar-refractivity contribution in [2.75, 3.05) is 40.3 Å². The zero-order valence-corrected chi connectivity index (χ0v) is 13.0. The highest BCUT2D eigenvalue weighted by molar-refractivity contribution is 5.75. The Morgan fingerprint density at radius 1 is 0.778 bits per heavy atom. The summed E-state index contributed by atoms with van der Waals surface area (Å²) < 4.78 is 0. The van der Waals surface area contributed by atoms with Crippen molar-refractivity contribution in [1.29, 1.82) is 0 Å². The molecule has 0 saturated carbocycles. The van der Waals surface area contributed by atoms with Gasteiger partial charge in [-0.1, -0.05) is 13.8 Å². The Bertz CT molecular complexity index is 198. The number of hydrogen-bond acceptors (Lipinski definition) is 4. The molecule has 0 aliphatic carbocycles. The predicted molar refractivity (Wildman–Crippen MR) is 76.9 cm³/mol. The van der Waals surface area contributed by atoms with Crippen LogP contribution in [0.3, 0.4) is 0 Å². The van der Waals surface area contributed by atoms with Crippen molar-refractivity contribution < 1.29 is 9.59 Å². The smallest absolute Gasteiger partial charge is 0.129 e. The van der Waals surface area contributed by atoms with Gasteiger partial charge in [0.15, 0.2) is 0 Å². The minimum Gasteiger partial charge on any atom is -0.304 e. The van der Waals surface area contributed by atoms with Crippen molar-refractivity contribution in [3.05, 3.63) is 0 Å². The van der Waals surface area contributed by atoms with E-state index in [4.69, 9.17) is 0 Å². The van der Waals surface area contributed by atoms with Gasteiger partial charge in [-0.3, -0.25) is 0 Å². The van der Waals surface area contributed by atoms with Crippen LogP contribution in [0.15, 0.2) is 0 Å². The summed E-state index contributed by atoms with van der Waals surface area (Å²) in [5, 5.41) is 0. The molecule has 18 heavy (non-hydrogen) atoms. The lowest BCUT2D eigenvalue weighted by Gasteiger charge is -2.28. The van der Waals surface area contributed by atoms with E-state index in [0.29, 0.717) is 12.8 Å². The molecule has 0 aromatic heterocycles. The molecule has 4 heteroatoms. The average molecular weight is 258 g/mol. The van der Waals surface area contributed by atoms with Gasteiger partial charge in [0.05, 0.1) is 0 Å². The third kappa shape index (κ3) is 17.6. The Morgan fingerprint density at radius 2 is 0.944 bits per heavy atom. The van der Waals surface area contributed by atoms with E-state index < -0.39 is 0 Å². The number of ketones is 2. The Kier molecular flexibility index (Phi) is 13.8. The van der Waals surface area contributed by atoms with E-state index in [9.17, 15) is 9.59 Å². The van der Waals surface area contributed by atoms with E-state index in [-0.39, 0.29) is 11.6 Å². The number of carbonyl (C=O) groups excluding carboxylic acids is 2. The third-order valence-electron chi connectivity index (χ3n) is 2.72. The minimum absolute atomic E-state index is 0.255. The van der Waals surface area contributed by atoms with Crippen LogP contribution < -0.4 is 0 Å². The highest BCUT2D eigenvalue weighted by Gasteiger charge is 2.07. The molecule has 0 aromatic rings. The van der Waals surface area contributed by atoms with Crippen molar-refractivity contribution in [2.45, 2.75) is 40.5 Å². The van der Waals surface area contributed by atoms with Crippen molar-refractivity contribution in [3.63, 3.8) is 0 Å². The van der Waals surface area contributed by atoms with Gasteiger partial charge in [-0.05, 0) is 27.9 Å². The van der Waals surface area contributed by atoms with E-state index in [2.05, 4.69) is 23.9 Å². The number of Topliss-reactive ketones (excluding diaryl/α,β-unsaturated/α-hetero) is 2. The maximum Gasteiger partial charge on any atom is 0.129 e. The molecule has 0 N–H and O–H groups in total. The predicted octanol–water partition coefficient (Wildman–Crippen LogP) is 1.83. The first-order chi connectivity index (χ1) is 8.33. The van der Waals surface area contributed by atoms with Crippen LogP contribution in [0, 0.1) is 0 Å². The lowest BCUT2D eigenvalue weighted by molar-refractivity contribution is -0.117. The molecular weight excluding hydrogens is 228 g/mol. The number of nitrogens with zero attached hydrogens (tertiary/aromatic N) is 2. The fraction of sp³-hybridized carbons (Fsp3) is 0.857. The molecule has 1 heterocycles. The van der Waals surface area contributed by atoms with Gasteiger partial charge >= 0.3 is 0 Å². The van der Waals surface area contributed by atoms with Gasteiger partial charge in [-0.25, -0.2) is 0 Å². The quantitative estimate of drug-likeness (QED) is 0.758.